The minimum Gasteiger partial charge on any atom is -0.545 e. The molecule has 1 fully saturated rings. The number of anilines is 1. The number of carbonyl (C=O) groups is 4. The van der Waals surface area contributed by atoms with Crippen molar-refractivity contribution in [3.63, 3.8) is 0 Å². The van der Waals surface area contributed by atoms with Gasteiger partial charge in [0.15, 0.2) is 0 Å². The zero-order chi connectivity index (χ0) is 22.2. The summed E-state index contributed by atoms with van der Waals surface area (Å²) >= 11 is 0. The van der Waals surface area contributed by atoms with Gasteiger partial charge in [0.05, 0.1) is 28.9 Å². The first-order valence-corrected chi connectivity index (χ1v) is 10.3. The van der Waals surface area contributed by atoms with Crippen LogP contribution in [0.1, 0.15) is 38.5 Å². The van der Waals surface area contributed by atoms with E-state index < -0.39 is 35.0 Å². The summed E-state index contributed by atoms with van der Waals surface area (Å²) in [7, 11) is 0. The van der Waals surface area contributed by atoms with Crippen LogP contribution in [0.25, 0.3) is 0 Å². The number of carboxylic acids is 1. The Labute approximate surface area is 183 Å². The van der Waals surface area contributed by atoms with Crippen molar-refractivity contribution in [3.05, 3.63) is 101 Å². The van der Waals surface area contributed by atoms with E-state index in [2.05, 4.69) is 0 Å². The molecule has 6 nitrogen and oxygen atoms in total. The lowest BCUT2D eigenvalue weighted by molar-refractivity contribution is -0.255. The van der Waals surface area contributed by atoms with Crippen LogP contribution in [-0.4, -0.2) is 24.1 Å². The molecule has 1 saturated heterocycles. The summed E-state index contributed by atoms with van der Waals surface area (Å²) in [4.78, 5) is 52.8. The van der Waals surface area contributed by atoms with Crippen molar-refractivity contribution in [2.45, 2.75) is 11.3 Å². The smallest absolute Gasteiger partial charge is 0.239 e. The topological polar surface area (TPSA) is 94.6 Å². The molecule has 1 heterocycles. The highest BCUT2D eigenvalue weighted by atomic mass is 16.4. The van der Waals surface area contributed by atoms with Gasteiger partial charge in [-0.05, 0) is 39.9 Å². The fourth-order valence-electron chi connectivity index (χ4n) is 6.06. The Morgan fingerprint density at radius 3 is 2.09 bits per heavy atom. The SMILES string of the molecule is O=CC12c3ccccc3C(c3ccccc31)[C@H]1C(=O)N(c3cccc(C(=O)[O-])c3)C(=O)[C@@H]12. The van der Waals surface area contributed by atoms with Crippen molar-refractivity contribution < 1.29 is 24.3 Å². The molecule has 32 heavy (non-hydrogen) atoms. The average Bonchev–Trinajstić information content (AvgIpc) is 3.10. The van der Waals surface area contributed by atoms with E-state index in [4.69, 9.17) is 0 Å². The normalized spacial score (nSPS) is 27.0. The molecule has 3 aromatic carbocycles. The van der Waals surface area contributed by atoms with Crippen LogP contribution in [0.4, 0.5) is 5.69 Å². The molecule has 0 radical (unpaired) electrons. The lowest BCUT2D eigenvalue weighted by atomic mass is 9.48. The first kappa shape index (κ1) is 18.7. The maximum Gasteiger partial charge on any atom is 0.239 e. The first-order chi connectivity index (χ1) is 15.5. The molecule has 156 valence electrons. The number of imide groups is 1. The Morgan fingerprint density at radius 1 is 0.875 bits per heavy atom. The minimum absolute atomic E-state index is 0.127. The molecule has 6 heteroatoms. The fraction of sp³-hybridized carbons (Fsp3) is 0.154. The van der Waals surface area contributed by atoms with Crippen LogP contribution < -0.4 is 10.0 Å². The summed E-state index contributed by atoms with van der Waals surface area (Å²) in [6.45, 7) is 0. The minimum atomic E-state index is -1.40. The van der Waals surface area contributed by atoms with Crippen LogP contribution in [0.3, 0.4) is 0 Å². The molecule has 0 N–H and O–H groups in total. The van der Waals surface area contributed by atoms with Gasteiger partial charge in [0.25, 0.3) is 0 Å². The van der Waals surface area contributed by atoms with Gasteiger partial charge in [-0.15, -0.1) is 0 Å². The van der Waals surface area contributed by atoms with Gasteiger partial charge in [-0.2, -0.15) is 0 Å². The molecule has 4 aliphatic rings. The number of hydrogen-bond donors (Lipinski definition) is 0. The second kappa shape index (κ2) is 6.23. The van der Waals surface area contributed by atoms with Crippen LogP contribution in [0, 0.1) is 11.8 Å². The number of amides is 2. The van der Waals surface area contributed by atoms with Crippen LogP contribution in [0.2, 0.25) is 0 Å². The molecule has 2 atom stereocenters. The average molecular weight is 422 g/mol. The lowest BCUT2D eigenvalue weighted by Crippen LogP contribution is -2.54. The van der Waals surface area contributed by atoms with E-state index in [0.717, 1.165) is 33.4 Å². The van der Waals surface area contributed by atoms with Gasteiger partial charge in [0, 0.05) is 5.92 Å². The zero-order valence-corrected chi connectivity index (χ0v) is 16.7. The van der Waals surface area contributed by atoms with Gasteiger partial charge in [0.1, 0.15) is 6.29 Å². The van der Waals surface area contributed by atoms with E-state index in [1.54, 1.807) is 0 Å². The summed E-state index contributed by atoms with van der Waals surface area (Å²) in [6.07, 6.45) is 0.810. The molecule has 0 saturated carbocycles. The van der Waals surface area contributed by atoms with Crippen LogP contribution in [-0.2, 0) is 19.8 Å². The molecular formula is C26H16NO5-. The predicted octanol–water partition coefficient (Wildman–Crippen LogP) is 1.80. The van der Waals surface area contributed by atoms with Crippen molar-refractivity contribution in [1.82, 2.24) is 0 Å². The van der Waals surface area contributed by atoms with Gasteiger partial charge in [-0.3, -0.25) is 9.59 Å². The van der Waals surface area contributed by atoms with E-state index in [1.807, 2.05) is 48.5 Å². The Balaban J connectivity index is 1.61. The maximum atomic E-state index is 13.8. The van der Waals surface area contributed by atoms with Gasteiger partial charge < -0.3 is 14.7 Å². The number of rotatable bonds is 3. The third-order valence-corrected chi connectivity index (χ3v) is 7.21. The Bertz CT molecular complexity index is 1310. The number of nitrogens with zero attached hydrogens (tertiary/aromatic N) is 1. The van der Waals surface area contributed by atoms with Crippen molar-refractivity contribution in [2.24, 2.45) is 11.8 Å². The molecule has 0 spiro atoms. The highest BCUT2D eigenvalue weighted by Crippen LogP contribution is 2.63. The van der Waals surface area contributed by atoms with E-state index >= 15 is 0 Å². The highest BCUT2D eigenvalue weighted by Gasteiger charge is 2.68. The number of aromatic carboxylic acids is 1. The number of aldehydes is 1. The molecule has 3 aliphatic carbocycles. The third kappa shape index (κ3) is 2.04. The largest absolute Gasteiger partial charge is 0.545 e. The molecular weight excluding hydrogens is 406 g/mol. The molecule has 2 bridgehead atoms. The molecule has 0 aromatic heterocycles. The Kier molecular flexibility index (Phi) is 3.64. The predicted molar refractivity (Wildman–Crippen MR) is 112 cm³/mol. The number of carboxylic acid groups (broad SMARTS) is 1. The third-order valence-electron chi connectivity index (χ3n) is 7.21. The Hall–Kier alpha value is -4.06. The summed E-state index contributed by atoms with van der Waals surface area (Å²) in [5.41, 5.74) is 2.04. The lowest BCUT2D eigenvalue weighted by Gasteiger charge is -2.51. The van der Waals surface area contributed by atoms with Crippen molar-refractivity contribution in [3.8, 4) is 0 Å². The number of hydrogen-bond acceptors (Lipinski definition) is 5. The zero-order valence-electron chi connectivity index (χ0n) is 16.7. The van der Waals surface area contributed by atoms with Crippen molar-refractivity contribution in [2.75, 3.05) is 4.90 Å². The number of carbonyl (C=O) groups excluding carboxylic acids is 4. The van der Waals surface area contributed by atoms with Gasteiger partial charge in [0.2, 0.25) is 11.8 Å². The van der Waals surface area contributed by atoms with Crippen molar-refractivity contribution in [1.29, 1.82) is 0 Å². The standard InChI is InChI=1S/C26H17NO5/c28-13-26-18-10-3-1-8-16(18)20(17-9-2-4-11-19(17)26)21-22(26)24(30)27(23(21)29)15-7-5-6-14(12-15)25(31)32/h1-13,20-22H,(H,31,32)/p-1/t20?,21-,22-,26?/m1/s1. The highest BCUT2D eigenvalue weighted by molar-refractivity contribution is 6.25. The van der Waals surface area contributed by atoms with E-state index in [0.29, 0.717) is 0 Å². The van der Waals surface area contributed by atoms with Crippen LogP contribution in [0.5, 0.6) is 0 Å². The van der Waals surface area contributed by atoms with Gasteiger partial charge in [-0.25, -0.2) is 4.90 Å². The summed E-state index contributed by atoms with van der Waals surface area (Å²) in [5, 5.41) is 11.3. The second-order valence-electron chi connectivity index (χ2n) is 8.49. The molecule has 3 aromatic rings. The molecule has 2 amide bonds. The van der Waals surface area contributed by atoms with E-state index in [9.17, 15) is 24.3 Å². The molecule has 1 aliphatic heterocycles. The maximum absolute atomic E-state index is 13.8. The number of benzene rings is 3. The molecule has 7 rings (SSSR count). The van der Waals surface area contributed by atoms with Gasteiger partial charge >= 0.3 is 0 Å². The van der Waals surface area contributed by atoms with E-state index in [1.165, 1.54) is 24.3 Å². The summed E-state index contributed by atoms with van der Waals surface area (Å²) < 4.78 is 0. The summed E-state index contributed by atoms with van der Waals surface area (Å²) in [6, 6.07) is 20.6. The Morgan fingerprint density at radius 2 is 1.50 bits per heavy atom. The molecule has 0 unspecified atom stereocenters. The monoisotopic (exact) mass is 422 g/mol. The van der Waals surface area contributed by atoms with Crippen LogP contribution >= 0.6 is 0 Å². The second-order valence-corrected chi connectivity index (χ2v) is 8.49. The quantitative estimate of drug-likeness (QED) is 0.474. The van der Waals surface area contributed by atoms with E-state index in [-0.39, 0.29) is 17.2 Å². The summed E-state index contributed by atoms with van der Waals surface area (Å²) in [5.74, 6) is -4.31. The van der Waals surface area contributed by atoms with Crippen molar-refractivity contribution >= 4 is 29.8 Å². The fourth-order valence-corrected chi connectivity index (χ4v) is 6.06. The first-order valence-electron chi connectivity index (χ1n) is 10.3. The van der Waals surface area contributed by atoms with Gasteiger partial charge in [-0.1, -0.05) is 60.7 Å². The van der Waals surface area contributed by atoms with Crippen LogP contribution in [0.15, 0.2) is 72.8 Å².